The number of nitrogens with zero attached hydrogens (tertiary/aromatic N) is 4. The van der Waals surface area contributed by atoms with Gasteiger partial charge in [-0.15, -0.1) is 0 Å². The van der Waals surface area contributed by atoms with Crippen molar-refractivity contribution >= 4 is 44.0 Å². The zero-order chi connectivity index (χ0) is 21.8. The van der Waals surface area contributed by atoms with E-state index in [-0.39, 0.29) is 5.75 Å². The summed E-state index contributed by atoms with van der Waals surface area (Å²) in [5, 5.41) is 16.1. The summed E-state index contributed by atoms with van der Waals surface area (Å²) in [5.74, 6) is 0.597. The van der Waals surface area contributed by atoms with Crippen molar-refractivity contribution in [3.8, 4) is 28.3 Å². The van der Waals surface area contributed by atoms with Gasteiger partial charge < -0.3 is 5.11 Å². The number of phenolic OH excluding ortho intramolecular Hbond substituents is 1. The molecule has 1 aromatic heterocycles. The zero-order valence-electron chi connectivity index (χ0n) is 16.6. The predicted octanol–water partition coefficient (Wildman–Crippen LogP) is 6.51. The molecule has 0 saturated carbocycles. The highest BCUT2D eigenvalue weighted by molar-refractivity contribution is 9.10. The van der Waals surface area contributed by atoms with Crippen molar-refractivity contribution in [2.75, 3.05) is 12.1 Å². The lowest BCUT2D eigenvalue weighted by molar-refractivity contribution is 0.474. The number of aromatic nitrogens is 2. The standard InChI is InChI=1S/C24H18Br2N4O/c1-30(27-15-18-13-20(26)11-12-23(18)31)24-28-21(16-5-3-2-4-6-16)14-22(29-24)17-7-9-19(25)10-8-17/h2-15,31H,1H3/b27-15-. The van der Waals surface area contributed by atoms with Crippen LogP contribution in [0.4, 0.5) is 5.95 Å². The predicted molar refractivity (Wildman–Crippen MR) is 132 cm³/mol. The van der Waals surface area contributed by atoms with Gasteiger partial charge in [-0.25, -0.2) is 15.0 Å². The van der Waals surface area contributed by atoms with Crippen molar-refractivity contribution in [2.24, 2.45) is 5.10 Å². The van der Waals surface area contributed by atoms with Gasteiger partial charge in [-0.1, -0.05) is 74.3 Å². The summed E-state index contributed by atoms with van der Waals surface area (Å²) in [5.41, 5.74) is 4.16. The molecule has 0 spiro atoms. The molecule has 31 heavy (non-hydrogen) atoms. The number of hydrogen-bond acceptors (Lipinski definition) is 5. The molecule has 7 heteroatoms. The molecule has 1 heterocycles. The van der Waals surface area contributed by atoms with E-state index >= 15 is 0 Å². The minimum Gasteiger partial charge on any atom is -0.507 e. The van der Waals surface area contributed by atoms with Gasteiger partial charge in [0.25, 0.3) is 0 Å². The van der Waals surface area contributed by atoms with E-state index in [2.05, 4.69) is 37.0 Å². The van der Waals surface area contributed by atoms with Crippen molar-refractivity contribution in [1.29, 1.82) is 0 Å². The van der Waals surface area contributed by atoms with E-state index < -0.39 is 0 Å². The first-order chi connectivity index (χ1) is 15.0. The van der Waals surface area contributed by atoms with Gasteiger partial charge in [0.05, 0.1) is 17.6 Å². The summed E-state index contributed by atoms with van der Waals surface area (Å²) in [7, 11) is 1.78. The Kier molecular flexibility index (Phi) is 6.44. The second kappa shape index (κ2) is 9.41. The van der Waals surface area contributed by atoms with E-state index in [1.54, 1.807) is 36.5 Å². The third-order valence-electron chi connectivity index (χ3n) is 4.57. The summed E-state index contributed by atoms with van der Waals surface area (Å²) in [6.07, 6.45) is 1.58. The minimum atomic E-state index is 0.148. The van der Waals surface area contributed by atoms with Crippen LogP contribution < -0.4 is 5.01 Å². The van der Waals surface area contributed by atoms with E-state index in [9.17, 15) is 5.11 Å². The Bertz CT molecular complexity index is 1230. The highest BCUT2D eigenvalue weighted by Gasteiger charge is 2.12. The second-order valence-electron chi connectivity index (χ2n) is 6.78. The lowest BCUT2D eigenvalue weighted by Gasteiger charge is -2.14. The highest BCUT2D eigenvalue weighted by atomic mass is 79.9. The van der Waals surface area contributed by atoms with Crippen LogP contribution in [0, 0.1) is 0 Å². The van der Waals surface area contributed by atoms with Crippen LogP contribution in [0.1, 0.15) is 5.56 Å². The molecule has 0 amide bonds. The topological polar surface area (TPSA) is 61.6 Å². The molecule has 5 nitrogen and oxygen atoms in total. The molecule has 3 aromatic carbocycles. The molecular formula is C24H18Br2N4O. The molecule has 0 aliphatic heterocycles. The maximum Gasteiger partial charge on any atom is 0.247 e. The number of rotatable bonds is 5. The lowest BCUT2D eigenvalue weighted by atomic mass is 10.1. The van der Waals surface area contributed by atoms with Gasteiger partial charge in [0.15, 0.2) is 0 Å². The van der Waals surface area contributed by atoms with E-state index in [1.165, 1.54) is 0 Å². The highest BCUT2D eigenvalue weighted by Crippen LogP contribution is 2.27. The van der Waals surface area contributed by atoms with Crippen LogP contribution in [0.5, 0.6) is 5.75 Å². The van der Waals surface area contributed by atoms with E-state index in [1.807, 2.05) is 60.7 Å². The average Bonchev–Trinajstić information content (AvgIpc) is 2.80. The number of benzene rings is 3. The Hall–Kier alpha value is -3.03. The lowest BCUT2D eigenvalue weighted by Crippen LogP contribution is -2.13. The summed E-state index contributed by atoms with van der Waals surface area (Å²) in [4.78, 5) is 9.44. The average molecular weight is 538 g/mol. The van der Waals surface area contributed by atoms with E-state index in [0.717, 1.165) is 31.5 Å². The summed E-state index contributed by atoms with van der Waals surface area (Å²) >= 11 is 6.89. The number of phenols is 1. The van der Waals surface area contributed by atoms with Gasteiger partial charge in [0, 0.05) is 32.7 Å². The van der Waals surface area contributed by atoms with Gasteiger partial charge in [0.2, 0.25) is 5.95 Å². The first-order valence-electron chi connectivity index (χ1n) is 9.46. The fraction of sp³-hybridized carbons (Fsp3) is 0.0417. The number of halogens is 2. The third kappa shape index (κ3) is 5.18. The Morgan fingerprint density at radius 1 is 0.806 bits per heavy atom. The fourth-order valence-electron chi connectivity index (χ4n) is 2.93. The molecule has 0 unspecified atom stereocenters. The normalized spacial score (nSPS) is 11.1. The molecule has 0 atom stereocenters. The van der Waals surface area contributed by atoms with Crippen LogP contribution >= 0.6 is 31.9 Å². The Morgan fingerprint density at radius 3 is 2.10 bits per heavy atom. The van der Waals surface area contributed by atoms with Crippen LogP contribution in [-0.2, 0) is 0 Å². The minimum absolute atomic E-state index is 0.148. The van der Waals surface area contributed by atoms with Crippen LogP contribution in [0.15, 0.2) is 92.9 Å². The Morgan fingerprint density at radius 2 is 1.42 bits per heavy atom. The number of aromatic hydroxyl groups is 1. The molecule has 4 aromatic rings. The van der Waals surface area contributed by atoms with Gasteiger partial charge in [0.1, 0.15) is 5.75 Å². The summed E-state index contributed by atoms with van der Waals surface area (Å²) < 4.78 is 1.86. The van der Waals surface area contributed by atoms with Crippen molar-refractivity contribution < 1.29 is 5.11 Å². The van der Waals surface area contributed by atoms with Gasteiger partial charge in [-0.2, -0.15) is 5.10 Å². The van der Waals surface area contributed by atoms with Crippen LogP contribution in [0.25, 0.3) is 22.5 Å². The third-order valence-corrected chi connectivity index (χ3v) is 5.59. The molecule has 0 aliphatic carbocycles. The molecular weight excluding hydrogens is 520 g/mol. The zero-order valence-corrected chi connectivity index (χ0v) is 19.7. The number of hydrazone groups is 1. The van der Waals surface area contributed by atoms with Crippen molar-refractivity contribution in [3.05, 3.63) is 93.4 Å². The Labute approximate surface area is 197 Å². The monoisotopic (exact) mass is 536 g/mol. The smallest absolute Gasteiger partial charge is 0.247 e. The van der Waals surface area contributed by atoms with Crippen molar-refractivity contribution in [2.45, 2.75) is 0 Å². The molecule has 154 valence electrons. The fourth-order valence-corrected chi connectivity index (χ4v) is 3.58. The Balaban J connectivity index is 1.75. The summed E-state index contributed by atoms with van der Waals surface area (Å²) in [6, 6.07) is 25.1. The van der Waals surface area contributed by atoms with Crippen molar-refractivity contribution in [1.82, 2.24) is 9.97 Å². The van der Waals surface area contributed by atoms with Crippen molar-refractivity contribution in [3.63, 3.8) is 0 Å². The molecule has 0 bridgehead atoms. The van der Waals surface area contributed by atoms with Gasteiger partial charge in [-0.3, -0.25) is 0 Å². The van der Waals surface area contributed by atoms with Crippen LogP contribution in [0.3, 0.4) is 0 Å². The molecule has 0 aliphatic rings. The van der Waals surface area contributed by atoms with Gasteiger partial charge >= 0.3 is 0 Å². The molecule has 0 radical (unpaired) electrons. The second-order valence-corrected chi connectivity index (χ2v) is 8.61. The van der Waals surface area contributed by atoms with E-state index in [0.29, 0.717) is 11.5 Å². The molecule has 4 rings (SSSR count). The molecule has 1 N–H and O–H groups in total. The van der Waals surface area contributed by atoms with E-state index in [4.69, 9.17) is 9.97 Å². The quantitative estimate of drug-likeness (QED) is 0.233. The van der Waals surface area contributed by atoms with Crippen LogP contribution in [0.2, 0.25) is 0 Å². The maximum atomic E-state index is 10.1. The first kappa shape index (κ1) is 21.2. The largest absolute Gasteiger partial charge is 0.507 e. The van der Waals surface area contributed by atoms with Gasteiger partial charge in [-0.05, 0) is 36.4 Å². The molecule has 0 fully saturated rings. The SMILES string of the molecule is CN(/N=C\c1cc(Br)ccc1O)c1nc(-c2ccccc2)cc(-c2ccc(Br)cc2)n1. The maximum absolute atomic E-state index is 10.1. The van der Waals surface area contributed by atoms with Crippen LogP contribution in [-0.4, -0.2) is 28.3 Å². The number of anilines is 1. The summed E-state index contributed by atoms with van der Waals surface area (Å²) in [6.45, 7) is 0. The molecule has 0 saturated heterocycles. The number of hydrogen-bond donors (Lipinski definition) is 1. The first-order valence-corrected chi connectivity index (χ1v) is 11.0.